The molecule has 0 N–H and O–H groups in total. The van der Waals surface area contributed by atoms with Crippen molar-refractivity contribution in [2.75, 3.05) is 7.11 Å². The van der Waals surface area contributed by atoms with E-state index in [1.807, 2.05) is 0 Å². The summed E-state index contributed by atoms with van der Waals surface area (Å²) in [5.41, 5.74) is 1.86. The minimum Gasteiger partial charge on any atom is -0.469 e. The lowest BCUT2D eigenvalue weighted by molar-refractivity contribution is -0.150. The highest BCUT2D eigenvalue weighted by Gasteiger charge is 2.63. The highest BCUT2D eigenvalue weighted by molar-refractivity contribution is 5.74. The fourth-order valence-corrected chi connectivity index (χ4v) is 5.23. The summed E-state index contributed by atoms with van der Waals surface area (Å²) in [5, 5.41) is 0. The molecule has 4 atom stereocenters. The van der Waals surface area contributed by atoms with Crippen LogP contribution in [0, 0.1) is 28.6 Å². The summed E-state index contributed by atoms with van der Waals surface area (Å²) in [4.78, 5) is 12.1. The lowest BCUT2D eigenvalue weighted by Gasteiger charge is -2.48. The van der Waals surface area contributed by atoms with Crippen molar-refractivity contribution < 1.29 is 9.53 Å². The number of hydrogen-bond donors (Lipinski definition) is 0. The molecule has 0 radical (unpaired) electrons. The molecule has 0 saturated heterocycles. The second-order valence-corrected chi connectivity index (χ2v) is 7.13. The number of carbonyl (C=O) groups is 1. The van der Waals surface area contributed by atoms with Crippen LogP contribution >= 0.6 is 0 Å². The average Bonchev–Trinajstić information content (AvgIpc) is 2.92. The van der Waals surface area contributed by atoms with Crippen LogP contribution in [-0.4, -0.2) is 13.1 Å². The Morgan fingerprint density at radius 1 is 1.33 bits per heavy atom. The van der Waals surface area contributed by atoms with Gasteiger partial charge in [-0.1, -0.05) is 26.0 Å². The zero-order valence-electron chi connectivity index (χ0n) is 11.8. The molecule has 0 aromatic rings. The molecular weight excluding hydrogens is 224 g/mol. The van der Waals surface area contributed by atoms with Gasteiger partial charge in [0.25, 0.3) is 0 Å². The van der Waals surface area contributed by atoms with E-state index in [1.165, 1.54) is 31.9 Å². The minimum atomic E-state index is 0.0191. The number of hydrogen-bond acceptors (Lipinski definition) is 2. The quantitative estimate of drug-likeness (QED) is 0.524. The molecule has 0 aromatic carbocycles. The maximum absolute atomic E-state index is 12.1. The number of methoxy groups -OCH3 is 1. The summed E-state index contributed by atoms with van der Waals surface area (Å²) in [5.74, 6) is 1.41. The molecule has 1 spiro atoms. The zero-order chi connectivity index (χ0) is 13.1. The molecule has 2 nitrogen and oxygen atoms in total. The fourth-order valence-electron chi connectivity index (χ4n) is 5.23. The van der Waals surface area contributed by atoms with Crippen molar-refractivity contribution in [3.63, 3.8) is 0 Å². The zero-order valence-corrected chi connectivity index (χ0v) is 11.8. The number of esters is 1. The van der Waals surface area contributed by atoms with E-state index in [4.69, 9.17) is 4.74 Å². The first-order chi connectivity index (χ1) is 8.43. The van der Waals surface area contributed by atoms with Gasteiger partial charge in [0, 0.05) is 0 Å². The normalized spacial score (nSPS) is 44.8. The first-order valence-corrected chi connectivity index (χ1v) is 7.20. The standard InChI is InChI=1S/C16H24O2/c1-10-12-5-6-13(14(17)18-4)16(12)8-7-11(9-16)15(10,2)3/h11-13H,1,5-9H2,2-4H3/t11-,12-,13-,16-/m1/s1. The summed E-state index contributed by atoms with van der Waals surface area (Å²) < 4.78 is 5.05. The van der Waals surface area contributed by atoms with Gasteiger partial charge in [0.05, 0.1) is 13.0 Å². The van der Waals surface area contributed by atoms with Crippen LogP contribution in [0.1, 0.15) is 46.0 Å². The Bertz CT molecular complexity index is 409. The van der Waals surface area contributed by atoms with E-state index in [-0.39, 0.29) is 22.7 Å². The van der Waals surface area contributed by atoms with E-state index in [0.717, 1.165) is 12.8 Å². The highest BCUT2D eigenvalue weighted by atomic mass is 16.5. The maximum Gasteiger partial charge on any atom is 0.309 e. The van der Waals surface area contributed by atoms with Crippen molar-refractivity contribution in [1.29, 1.82) is 0 Å². The number of allylic oxidation sites excluding steroid dienone is 1. The predicted molar refractivity (Wildman–Crippen MR) is 70.9 cm³/mol. The van der Waals surface area contributed by atoms with Gasteiger partial charge in [-0.2, -0.15) is 0 Å². The Kier molecular flexibility index (Phi) is 2.46. The van der Waals surface area contributed by atoms with Crippen LogP contribution < -0.4 is 0 Å². The third kappa shape index (κ3) is 1.27. The van der Waals surface area contributed by atoms with Gasteiger partial charge in [-0.15, -0.1) is 0 Å². The molecule has 18 heavy (non-hydrogen) atoms. The minimum absolute atomic E-state index is 0.0191. The SMILES string of the molecule is C=C1[C@H]2CC[C@H](C(=O)OC)[C@@]23CC[C@H](C3)C1(C)C. The van der Waals surface area contributed by atoms with Gasteiger partial charge in [0.1, 0.15) is 0 Å². The second-order valence-electron chi connectivity index (χ2n) is 7.13. The van der Waals surface area contributed by atoms with E-state index in [0.29, 0.717) is 11.8 Å². The van der Waals surface area contributed by atoms with Gasteiger partial charge >= 0.3 is 5.97 Å². The monoisotopic (exact) mass is 248 g/mol. The van der Waals surface area contributed by atoms with Crippen molar-refractivity contribution in [2.45, 2.75) is 46.0 Å². The molecule has 3 aliphatic rings. The molecule has 0 aromatic heterocycles. The topological polar surface area (TPSA) is 26.3 Å². The Morgan fingerprint density at radius 2 is 2.06 bits per heavy atom. The molecule has 0 heterocycles. The summed E-state index contributed by atoms with van der Waals surface area (Å²) in [6.45, 7) is 9.11. The van der Waals surface area contributed by atoms with E-state index < -0.39 is 0 Å². The lowest BCUT2D eigenvalue weighted by atomic mass is 9.56. The van der Waals surface area contributed by atoms with Crippen LogP contribution in [0.15, 0.2) is 12.2 Å². The van der Waals surface area contributed by atoms with Crippen LogP contribution in [0.3, 0.4) is 0 Å². The second kappa shape index (κ2) is 3.61. The first kappa shape index (κ1) is 12.3. The van der Waals surface area contributed by atoms with Crippen molar-refractivity contribution in [3.05, 3.63) is 12.2 Å². The van der Waals surface area contributed by atoms with E-state index in [9.17, 15) is 4.79 Å². The number of ether oxygens (including phenoxy) is 1. The van der Waals surface area contributed by atoms with Gasteiger partial charge in [0.2, 0.25) is 0 Å². The van der Waals surface area contributed by atoms with Gasteiger partial charge < -0.3 is 4.74 Å². The van der Waals surface area contributed by atoms with Crippen LogP contribution in [0.25, 0.3) is 0 Å². The summed E-state index contributed by atoms with van der Waals surface area (Å²) >= 11 is 0. The molecule has 3 rings (SSSR count). The van der Waals surface area contributed by atoms with E-state index in [1.54, 1.807) is 0 Å². The van der Waals surface area contributed by atoms with Crippen molar-refractivity contribution in [2.24, 2.45) is 28.6 Å². The number of rotatable bonds is 1. The Hall–Kier alpha value is -0.790. The largest absolute Gasteiger partial charge is 0.469 e. The smallest absolute Gasteiger partial charge is 0.309 e. The van der Waals surface area contributed by atoms with Crippen molar-refractivity contribution in [3.8, 4) is 0 Å². The Labute approximate surface area is 110 Å². The van der Waals surface area contributed by atoms with E-state index >= 15 is 0 Å². The van der Waals surface area contributed by atoms with Crippen molar-refractivity contribution >= 4 is 5.97 Å². The van der Waals surface area contributed by atoms with Crippen LogP contribution in [0.2, 0.25) is 0 Å². The lowest BCUT2D eigenvalue weighted by Crippen LogP contribution is -2.43. The van der Waals surface area contributed by atoms with Crippen molar-refractivity contribution in [1.82, 2.24) is 0 Å². The molecular formula is C16H24O2. The predicted octanol–water partition coefficient (Wildman–Crippen LogP) is 3.57. The summed E-state index contributed by atoms with van der Waals surface area (Å²) in [6.07, 6.45) is 5.80. The number of carbonyl (C=O) groups excluding carboxylic acids is 1. The molecule has 0 unspecified atom stereocenters. The van der Waals surface area contributed by atoms with Crippen LogP contribution in [0.4, 0.5) is 0 Å². The maximum atomic E-state index is 12.1. The molecule has 0 amide bonds. The highest BCUT2D eigenvalue weighted by Crippen LogP contribution is 2.70. The molecule has 100 valence electrons. The Balaban J connectivity index is 2.00. The molecule has 3 aliphatic carbocycles. The van der Waals surface area contributed by atoms with Gasteiger partial charge in [-0.3, -0.25) is 4.79 Å². The van der Waals surface area contributed by atoms with E-state index in [2.05, 4.69) is 20.4 Å². The van der Waals surface area contributed by atoms with Crippen LogP contribution in [0.5, 0.6) is 0 Å². The number of fused-ring (bicyclic) bond motifs is 1. The fraction of sp³-hybridized carbons (Fsp3) is 0.812. The molecule has 2 bridgehead atoms. The third-order valence-corrected chi connectivity index (χ3v) is 6.47. The average molecular weight is 248 g/mol. The molecule has 3 saturated carbocycles. The molecule has 3 fully saturated rings. The van der Waals surface area contributed by atoms with Gasteiger partial charge in [-0.25, -0.2) is 0 Å². The van der Waals surface area contributed by atoms with Gasteiger partial charge in [0.15, 0.2) is 0 Å². The summed E-state index contributed by atoms with van der Waals surface area (Å²) in [7, 11) is 1.53. The molecule has 2 heteroatoms. The van der Waals surface area contributed by atoms with Gasteiger partial charge in [-0.05, 0) is 54.8 Å². The summed E-state index contributed by atoms with van der Waals surface area (Å²) in [6, 6.07) is 0. The Morgan fingerprint density at radius 3 is 2.72 bits per heavy atom. The third-order valence-electron chi connectivity index (χ3n) is 6.47. The first-order valence-electron chi connectivity index (χ1n) is 7.20. The molecule has 0 aliphatic heterocycles. The van der Waals surface area contributed by atoms with Crippen LogP contribution in [-0.2, 0) is 9.53 Å².